The SMILES string of the molecule is C[C@H](C(=O)NC1CCCC1)[NH+]1CCN(S(=O)(=O)c2ccc(C(C)(C)C)cc2)CC1. The Morgan fingerprint density at radius 3 is 2.17 bits per heavy atom. The van der Waals surface area contributed by atoms with Crippen molar-refractivity contribution >= 4 is 15.9 Å². The van der Waals surface area contributed by atoms with Gasteiger partial charge in [-0.3, -0.25) is 4.79 Å². The molecule has 6 nitrogen and oxygen atoms in total. The van der Waals surface area contributed by atoms with Crippen LogP contribution >= 0.6 is 0 Å². The Bertz CT molecular complexity index is 801. The third kappa shape index (κ3) is 5.19. The highest BCUT2D eigenvalue weighted by molar-refractivity contribution is 7.89. The van der Waals surface area contributed by atoms with Crippen LogP contribution < -0.4 is 10.2 Å². The number of nitrogens with one attached hydrogen (secondary N) is 2. The van der Waals surface area contributed by atoms with Gasteiger partial charge in [0.2, 0.25) is 10.0 Å². The minimum Gasteiger partial charge on any atom is -0.348 e. The van der Waals surface area contributed by atoms with Gasteiger partial charge in [-0.15, -0.1) is 0 Å². The second kappa shape index (κ2) is 8.74. The number of sulfonamides is 1. The first-order valence-electron chi connectivity index (χ1n) is 10.8. The Balaban J connectivity index is 1.58. The molecule has 0 spiro atoms. The van der Waals surface area contributed by atoms with Crippen molar-refractivity contribution in [3.8, 4) is 0 Å². The van der Waals surface area contributed by atoms with Gasteiger partial charge in [0.05, 0.1) is 31.1 Å². The van der Waals surface area contributed by atoms with Crippen molar-refractivity contribution in [3.05, 3.63) is 29.8 Å². The van der Waals surface area contributed by atoms with E-state index in [1.807, 2.05) is 19.1 Å². The molecule has 1 heterocycles. The first-order valence-corrected chi connectivity index (χ1v) is 12.3. The number of carbonyl (C=O) groups is 1. The molecule has 1 aliphatic heterocycles. The van der Waals surface area contributed by atoms with Crippen molar-refractivity contribution in [2.24, 2.45) is 0 Å². The first kappa shape index (κ1) is 22.2. The Kier molecular flexibility index (Phi) is 6.70. The zero-order valence-electron chi connectivity index (χ0n) is 18.2. The van der Waals surface area contributed by atoms with Gasteiger partial charge in [-0.2, -0.15) is 4.31 Å². The van der Waals surface area contributed by atoms with E-state index in [-0.39, 0.29) is 17.4 Å². The molecule has 1 aromatic rings. The maximum Gasteiger partial charge on any atom is 0.278 e. The van der Waals surface area contributed by atoms with Gasteiger partial charge >= 0.3 is 0 Å². The highest BCUT2D eigenvalue weighted by Gasteiger charge is 2.35. The molecule has 0 bridgehead atoms. The van der Waals surface area contributed by atoms with Crippen LogP contribution in [0.2, 0.25) is 0 Å². The lowest BCUT2D eigenvalue weighted by Crippen LogP contribution is -3.19. The number of hydrogen-bond donors (Lipinski definition) is 2. The second-order valence-electron chi connectivity index (χ2n) is 9.55. The van der Waals surface area contributed by atoms with E-state index in [9.17, 15) is 13.2 Å². The van der Waals surface area contributed by atoms with E-state index < -0.39 is 10.0 Å². The number of piperazine rings is 1. The zero-order valence-corrected chi connectivity index (χ0v) is 19.0. The van der Waals surface area contributed by atoms with Gasteiger partial charge < -0.3 is 10.2 Å². The van der Waals surface area contributed by atoms with E-state index in [1.165, 1.54) is 12.8 Å². The molecule has 2 N–H and O–H groups in total. The first-order chi connectivity index (χ1) is 13.6. The number of amides is 1. The molecule has 1 saturated carbocycles. The molecule has 1 amide bonds. The van der Waals surface area contributed by atoms with Crippen LogP contribution in [0.4, 0.5) is 0 Å². The third-order valence-corrected chi connectivity index (χ3v) is 8.34. The van der Waals surface area contributed by atoms with Crippen LogP contribution in [0.15, 0.2) is 29.2 Å². The Morgan fingerprint density at radius 1 is 1.10 bits per heavy atom. The molecule has 3 rings (SSSR count). The molecule has 1 aromatic carbocycles. The van der Waals surface area contributed by atoms with Crippen LogP contribution in [0.25, 0.3) is 0 Å². The predicted octanol–water partition coefficient (Wildman–Crippen LogP) is 1.32. The average Bonchev–Trinajstić information content (AvgIpc) is 3.20. The molecule has 2 aliphatic rings. The van der Waals surface area contributed by atoms with Gasteiger partial charge in [0.15, 0.2) is 6.04 Å². The smallest absolute Gasteiger partial charge is 0.278 e. The third-order valence-electron chi connectivity index (χ3n) is 6.43. The van der Waals surface area contributed by atoms with Crippen molar-refractivity contribution in [2.75, 3.05) is 26.2 Å². The van der Waals surface area contributed by atoms with Gasteiger partial charge in [0.25, 0.3) is 5.91 Å². The highest BCUT2D eigenvalue weighted by Crippen LogP contribution is 2.24. The van der Waals surface area contributed by atoms with Gasteiger partial charge in [-0.25, -0.2) is 8.42 Å². The van der Waals surface area contributed by atoms with E-state index in [4.69, 9.17) is 0 Å². The maximum atomic E-state index is 13.0. The summed E-state index contributed by atoms with van der Waals surface area (Å²) in [7, 11) is -3.49. The summed E-state index contributed by atoms with van der Waals surface area (Å²) in [6.45, 7) is 10.5. The van der Waals surface area contributed by atoms with Crippen molar-refractivity contribution in [3.63, 3.8) is 0 Å². The fraction of sp³-hybridized carbons (Fsp3) is 0.682. The number of rotatable bonds is 5. The zero-order chi connectivity index (χ0) is 21.2. The molecule has 0 aromatic heterocycles. The van der Waals surface area contributed by atoms with Crippen LogP contribution in [-0.2, 0) is 20.2 Å². The molecular weight excluding hydrogens is 386 g/mol. The fourth-order valence-electron chi connectivity index (χ4n) is 4.30. The van der Waals surface area contributed by atoms with Gasteiger partial charge in [0.1, 0.15) is 0 Å². The minimum absolute atomic E-state index is 0.00745. The van der Waals surface area contributed by atoms with Crippen LogP contribution in [0.5, 0.6) is 0 Å². The van der Waals surface area contributed by atoms with E-state index in [2.05, 4.69) is 26.1 Å². The van der Waals surface area contributed by atoms with E-state index in [0.717, 1.165) is 23.3 Å². The Morgan fingerprint density at radius 2 is 1.66 bits per heavy atom. The standard InChI is InChI=1S/C22H35N3O3S/c1-17(21(26)23-19-7-5-6-8-19)24-13-15-25(16-14-24)29(27,28)20-11-9-18(10-12-20)22(2,3)4/h9-12,17,19H,5-8,13-16H2,1-4H3,(H,23,26)/p+1/t17-/m1/s1. The van der Waals surface area contributed by atoms with Crippen molar-refractivity contribution in [1.29, 1.82) is 0 Å². The molecule has 0 radical (unpaired) electrons. The summed E-state index contributed by atoms with van der Waals surface area (Å²) in [5.41, 5.74) is 1.11. The van der Waals surface area contributed by atoms with Crippen LogP contribution in [-0.4, -0.2) is 56.9 Å². The Labute approximate surface area is 175 Å². The molecule has 1 aliphatic carbocycles. The summed E-state index contributed by atoms with van der Waals surface area (Å²) in [6, 6.07) is 7.42. The lowest BCUT2D eigenvalue weighted by Gasteiger charge is -2.34. The van der Waals surface area contributed by atoms with Crippen LogP contribution in [0, 0.1) is 0 Å². The second-order valence-corrected chi connectivity index (χ2v) is 11.5. The van der Waals surface area contributed by atoms with Gasteiger partial charge in [0, 0.05) is 6.04 Å². The molecule has 29 heavy (non-hydrogen) atoms. The number of carbonyl (C=O) groups excluding carboxylic acids is 1. The van der Waals surface area contributed by atoms with E-state index in [0.29, 0.717) is 37.1 Å². The number of hydrogen-bond acceptors (Lipinski definition) is 3. The summed E-state index contributed by atoms with van der Waals surface area (Å²) < 4.78 is 27.6. The lowest BCUT2D eigenvalue weighted by atomic mass is 9.87. The van der Waals surface area contributed by atoms with Gasteiger partial charge in [-0.1, -0.05) is 45.7 Å². The number of nitrogens with zero attached hydrogens (tertiary/aromatic N) is 1. The average molecular weight is 423 g/mol. The molecule has 2 fully saturated rings. The quantitative estimate of drug-likeness (QED) is 0.752. The predicted molar refractivity (Wildman–Crippen MR) is 114 cm³/mol. The summed E-state index contributed by atoms with van der Waals surface area (Å²) in [5, 5.41) is 3.17. The van der Waals surface area contributed by atoms with Crippen molar-refractivity contribution in [2.45, 2.75) is 75.8 Å². The molecular formula is C22H36N3O3S+. The van der Waals surface area contributed by atoms with Crippen molar-refractivity contribution in [1.82, 2.24) is 9.62 Å². The molecule has 162 valence electrons. The summed E-state index contributed by atoms with van der Waals surface area (Å²) in [4.78, 5) is 14.1. The summed E-state index contributed by atoms with van der Waals surface area (Å²) in [5.74, 6) is 0.0981. The Hall–Kier alpha value is -1.44. The van der Waals surface area contributed by atoms with Crippen LogP contribution in [0.3, 0.4) is 0 Å². The summed E-state index contributed by atoms with van der Waals surface area (Å²) in [6.07, 6.45) is 4.54. The largest absolute Gasteiger partial charge is 0.348 e. The lowest BCUT2D eigenvalue weighted by molar-refractivity contribution is -0.917. The molecule has 1 atom stereocenters. The molecule has 0 unspecified atom stereocenters. The van der Waals surface area contributed by atoms with Crippen molar-refractivity contribution < 1.29 is 18.1 Å². The minimum atomic E-state index is -3.49. The topological polar surface area (TPSA) is 70.9 Å². The van der Waals surface area contributed by atoms with Gasteiger partial charge in [-0.05, 0) is 42.9 Å². The molecule has 7 heteroatoms. The normalized spacial score (nSPS) is 21.2. The van der Waals surface area contributed by atoms with E-state index in [1.54, 1.807) is 16.4 Å². The fourth-order valence-corrected chi connectivity index (χ4v) is 5.75. The number of quaternary nitrogens is 1. The number of benzene rings is 1. The monoisotopic (exact) mass is 422 g/mol. The van der Waals surface area contributed by atoms with E-state index >= 15 is 0 Å². The van der Waals surface area contributed by atoms with Crippen LogP contribution in [0.1, 0.15) is 58.9 Å². The highest BCUT2D eigenvalue weighted by atomic mass is 32.2. The summed E-state index contributed by atoms with van der Waals surface area (Å²) >= 11 is 0. The maximum absolute atomic E-state index is 13.0. The molecule has 1 saturated heterocycles.